The van der Waals surface area contributed by atoms with E-state index in [9.17, 15) is 8.42 Å². The van der Waals surface area contributed by atoms with Crippen LogP contribution in [0, 0.1) is 0 Å². The van der Waals surface area contributed by atoms with Crippen LogP contribution in [0.1, 0.15) is 25.6 Å². The molecule has 0 unspecified atom stereocenters. The van der Waals surface area contributed by atoms with Crippen molar-refractivity contribution in [2.45, 2.75) is 31.3 Å². The number of anilines is 1. The van der Waals surface area contributed by atoms with Gasteiger partial charge in [-0.1, -0.05) is 0 Å². The number of hydrogen-bond acceptors (Lipinski definition) is 4. The van der Waals surface area contributed by atoms with Crippen LogP contribution in [0.5, 0.6) is 0 Å². The van der Waals surface area contributed by atoms with Gasteiger partial charge in [0.05, 0.1) is 11.9 Å². The average molecular weight is 297 g/mol. The fourth-order valence-electron chi connectivity index (χ4n) is 1.75. The molecule has 0 bridgehead atoms. The molecule has 0 saturated heterocycles. The van der Waals surface area contributed by atoms with Crippen LogP contribution in [0.2, 0.25) is 0 Å². The van der Waals surface area contributed by atoms with Crippen molar-refractivity contribution in [3.05, 3.63) is 30.4 Å². The smallest absolute Gasteiger partial charge is 0.263 e. The molecule has 3 N–H and O–H groups in total. The van der Waals surface area contributed by atoms with E-state index in [0.29, 0.717) is 12.2 Å². The van der Waals surface area contributed by atoms with Crippen molar-refractivity contribution in [3.8, 4) is 0 Å². The van der Waals surface area contributed by atoms with Gasteiger partial charge in [-0.25, -0.2) is 8.42 Å². The predicted octanol–water partition coefficient (Wildman–Crippen LogP) is 1.31. The molecule has 0 amide bonds. The molecule has 0 aliphatic heterocycles. The number of nitrogens with one attached hydrogen (secondary N) is 3. The topological polar surface area (TPSA) is 91.8 Å². The molecule has 20 heavy (non-hydrogen) atoms. The summed E-state index contributed by atoms with van der Waals surface area (Å²) in [4.78, 5) is 3.13. The van der Waals surface area contributed by atoms with E-state index in [0.717, 1.165) is 5.69 Å². The highest BCUT2D eigenvalue weighted by molar-refractivity contribution is 7.92. The second kappa shape index (κ2) is 5.68. The number of aromatic amines is 1. The lowest BCUT2D eigenvalue weighted by atomic mass is 10.4. The van der Waals surface area contributed by atoms with Gasteiger partial charge in [-0.05, 0) is 27.0 Å². The Balaban J connectivity index is 2.16. The number of sulfonamides is 1. The molecule has 110 valence electrons. The molecule has 2 aromatic rings. The molecule has 2 heterocycles. The van der Waals surface area contributed by atoms with Crippen LogP contribution in [-0.2, 0) is 16.6 Å². The lowest BCUT2D eigenvalue weighted by Gasteiger charge is -2.04. The van der Waals surface area contributed by atoms with Crippen molar-refractivity contribution >= 4 is 15.7 Å². The minimum Gasteiger partial charge on any atom is -0.363 e. The van der Waals surface area contributed by atoms with E-state index in [1.54, 1.807) is 24.0 Å². The van der Waals surface area contributed by atoms with Gasteiger partial charge in [0.1, 0.15) is 4.90 Å². The highest BCUT2D eigenvalue weighted by Gasteiger charge is 2.17. The summed E-state index contributed by atoms with van der Waals surface area (Å²) >= 11 is 0. The van der Waals surface area contributed by atoms with E-state index in [-0.39, 0.29) is 10.9 Å². The van der Waals surface area contributed by atoms with Gasteiger partial charge in [-0.2, -0.15) is 5.10 Å². The summed E-state index contributed by atoms with van der Waals surface area (Å²) in [6, 6.07) is 1.79. The summed E-state index contributed by atoms with van der Waals surface area (Å²) in [5.74, 6) is 0. The van der Waals surface area contributed by atoms with E-state index in [4.69, 9.17) is 0 Å². The predicted molar refractivity (Wildman–Crippen MR) is 77.0 cm³/mol. The van der Waals surface area contributed by atoms with E-state index >= 15 is 0 Å². The highest BCUT2D eigenvalue weighted by atomic mass is 32.2. The third kappa shape index (κ3) is 3.20. The summed E-state index contributed by atoms with van der Waals surface area (Å²) in [5, 5.41) is 7.05. The van der Waals surface area contributed by atoms with Gasteiger partial charge in [-0.3, -0.25) is 9.40 Å². The molecule has 0 radical (unpaired) electrons. The molecule has 2 rings (SSSR count). The first kappa shape index (κ1) is 14.6. The summed E-state index contributed by atoms with van der Waals surface area (Å²) in [5.41, 5.74) is 1.26. The normalized spacial score (nSPS) is 12.0. The van der Waals surface area contributed by atoms with Gasteiger partial charge in [0.15, 0.2) is 0 Å². The summed E-state index contributed by atoms with van der Waals surface area (Å²) in [6.07, 6.45) is 4.64. The van der Waals surface area contributed by atoms with Gasteiger partial charge >= 0.3 is 0 Å². The molecule has 0 saturated carbocycles. The van der Waals surface area contributed by atoms with Gasteiger partial charge in [0, 0.05) is 30.7 Å². The molecule has 0 spiro atoms. The molecule has 0 aliphatic carbocycles. The second-order valence-electron chi connectivity index (χ2n) is 4.80. The standard InChI is InChI=1S/C12H19N5O2S/c1-9(2)17-8-11(6-15-17)16-20(18,19)12-4-10(5-13-3)14-7-12/h4,6-9,13-14,16H,5H2,1-3H3. The molecule has 0 atom stereocenters. The Morgan fingerprint density at radius 3 is 2.80 bits per heavy atom. The number of aromatic nitrogens is 3. The molecular formula is C12H19N5O2S. The lowest BCUT2D eigenvalue weighted by Crippen LogP contribution is -2.12. The third-order valence-corrected chi connectivity index (χ3v) is 4.14. The highest BCUT2D eigenvalue weighted by Crippen LogP contribution is 2.17. The van der Waals surface area contributed by atoms with Crippen LogP contribution in [0.4, 0.5) is 5.69 Å². The SMILES string of the molecule is CNCc1cc(S(=O)(=O)Nc2cnn(C(C)C)c2)c[nH]1. The van der Waals surface area contributed by atoms with Crippen molar-refractivity contribution in [1.82, 2.24) is 20.1 Å². The monoisotopic (exact) mass is 297 g/mol. The maximum atomic E-state index is 12.2. The molecule has 0 aliphatic rings. The van der Waals surface area contributed by atoms with E-state index in [1.165, 1.54) is 12.4 Å². The van der Waals surface area contributed by atoms with Crippen molar-refractivity contribution in [2.24, 2.45) is 0 Å². The zero-order chi connectivity index (χ0) is 14.8. The Labute approximate surface area is 118 Å². The first-order valence-electron chi connectivity index (χ1n) is 6.31. The van der Waals surface area contributed by atoms with Crippen LogP contribution >= 0.6 is 0 Å². The maximum Gasteiger partial charge on any atom is 0.263 e. The minimum atomic E-state index is -3.59. The second-order valence-corrected chi connectivity index (χ2v) is 6.48. The van der Waals surface area contributed by atoms with E-state index in [1.807, 2.05) is 13.8 Å². The number of hydrogen-bond donors (Lipinski definition) is 3. The van der Waals surface area contributed by atoms with Gasteiger partial charge < -0.3 is 10.3 Å². The molecule has 0 fully saturated rings. The third-order valence-electron chi connectivity index (χ3n) is 2.78. The van der Waals surface area contributed by atoms with Gasteiger partial charge in [0.25, 0.3) is 10.0 Å². The Morgan fingerprint density at radius 1 is 1.45 bits per heavy atom. The van der Waals surface area contributed by atoms with Gasteiger partial charge in [-0.15, -0.1) is 0 Å². The van der Waals surface area contributed by atoms with E-state index in [2.05, 4.69) is 20.1 Å². The Hall–Kier alpha value is -1.80. The fourth-order valence-corrected chi connectivity index (χ4v) is 2.80. The zero-order valence-corrected chi connectivity index (χ0v) is 12.5. The van der Waals surface area contributed by atoms with Crippen LogP contribution in [0.25, 0.3) is 0 Å². The average Bonchev–Trinajstić information content (AvgIpc) is 2.98. The van der Waals surface area contributed by atoms with Crippen molar-refractivity contribution in [2.75, 3.05) is 11.8 Å². The molecule has 8 heteroatoms. The molecular weight excluding hydrogens is 278 g/mol. The largest absolute Gasteiger partial charge is 0.363 e. The van der Waals surface area contributed by atoms with Crippen molar-refractivity contribution < 1.29 is 8.42 Å². The van der Waals surface area contributed by atoms with Crippen molar-refractivity contribution in [1.29, 1.82) is 0 Å². The molecule has 0 aromatic carbocycles. The van der Waals surface area contributed by atoms with Crippen LogP contribution in [0.15, 0.2) is 29.6 Å². The maximum absolute atomic E-state index is 12.2. The first-order chi connectivity index (χ1) is 9.42. The Bertz CT molecular complexity index is 672. The van der Waals surface area contributed by atoms with Crippen LogP contribution in [-0.4, -0.2) is 30.2 Å². The minimum absolute atomic E-state index is 0.183. The summed E-state index contributed by atoms with van der Waals surface area (Å²) in [7, 11) is -1.79. The lowest BCUT2D eigenvalue weighted by molar-refractivity contribution is 0.532. The summed E-state index contributed by atoms with van der Waals surface area (Å²) in [6.45, 7) is 4.53. The van der Waals surface area contributed by atoms with E-state index < -0.39 is 10.0 Å². The number of rotatable bonds is 6. The zero-order valence-electron chi connectivity index (χ0n) is 11.7. The quantitative estimate of drug-likeness (QED) is 0.749. The Kier molecular flexibility index (Phi) is 4.15. The number of H-pyrrole nitrogens is 1. The summed E-state index contributed by atoms with van der Waals surface area (Å²) < 4.78 is 28.6. The first-order valence-corrected chi connectivity index (χ1v) is 7.79. The Morgan fingerprint density at radius 2 is 2.20 bits per heavy atom. The number of nitrogens with zero attached hydrogens (tertiary/aromatic N) is 2. The molecule has 7 nitrogen and oxygen atoms in total. The molecule has 2 aromatic heterocycles. The van der Waals surface area contributed by atoms with Crippen LogP contribution in [0.3, 0.4) is 0 Å². The van der Waals surface area contributed by atoms with Gasteiger partial charge in [0.2, 0.25) is 0 Å². The van der Waals surface area contributed by atoms with Crippen LogP contribution < -0.4 is 10.0 Å². The fraction of sp³-hybridized carbons (Fsp3) is 0.417. The van der Waals surface area contributed by atoms with Crippen molar-refractivity contribution in [3.63, 3.8) is 0 Å².